The maximum absolute atomic E-state index is 14.8. The van der Waals surface area contributed by atoms with E-state index in [-0.39, 0.29) is 36.2 Å². The van der Waals surface area contributed by atoms with E-state index in [9.17, 15) is 24.3 Å². The molecule has 4 heterocycles. The number of rotatable bonds is 7. The SMILES string of the molecule is COc1cc(O)c(C2C3=CCC4C(=O)N(c5ccc(-c6nc7ccccc7o6)cc5)C(=O)C4C3CC3C(=O)N(c4ccc(-c5nc6ccccc6o5)cc4)C(=O)C32)c(OC)c1. The largest absolute Gasteiger partial charge is 0.507 e. The molecule has 3 fully saturated rings. The van der Waals surface area contributed by atoms with Gasteiger partial charge in [-0.25, -0.2) is 9.97 Å². The van der Waals surface area contributed by atoms with Crippen molar-refractivity contribution >= 4 is 57.2 Å². The first-order chi connectivity index (χ1) is 29.7. The Morgan fingerprint density at radius 1 is 0.623 bits per heavy atom. The Morgan fingerprint density at radius 2 is 1.16 bits per heavy atom. The lowest BCUT2D eigenvalue weighted by Crippen LogP contribution is -2.43. The number of hydrogen-bond donors (Lipinski definition) is 1. The molecule has 13 heteroatoms. The molecule has 2 aromatic heterocycles. The number of carbonyl (C=O) groups excluding carboxylic acids is 4. The van der Waals surface area contributed by atoms with Crippen LogP contribution in [0.1, 0.15) is 24.3 Å². The van der Waals surface area contributed by atoms with Crippen LogP contribution >= 0.6 is 0 Å². The lowest BCUT2D eigenvalue weighted by Gasteiger charge is -2.44. The Hall–Kier alpha value is -7.54. The quantitative estimate of drug-likeness (QED) is 0.122. The van der Waals surface area contributed by atoms with Crippen LogP contribution in [-0.4, -0.2) is 52.9 Å². The molecule has 6 atom stereocenters. The molecule has 7 aromatic rings. The third kappa shape index (κ3) is 5.53. The van der Waals surface area contributed by atoms with Gasteiger partial charge in [0.25, 0.3) is 0 Å². The number of amides is 4. The number of allylic oxidation sites excluding steroid dienone is 2. The van der Waals surface area contributed by atoms with Gasteiger partial charge in [0.2, 0.25) is 35.4 Å². The second kappa shape index (κ2) is 13.8. The summed E-state index contributed by atoms with van der Waals surface area (Å²) in [6.07, 6.45) is 2.31. The van der Waals surface area contributed by atoms with Crippen molar-refractivity contribution < 1.29 is 42.6 Å². The summed E-state index contributed by atoms with van der Waals surface area (Å²) >= 11 is 0. The lowest BCUT2D eigenvalue weighted by atomic mass is 9.57. The minimum Gasteiger partial charge on any atom is -0.507 e. The van der Waals surface area contributed by atoms with Gasteiger partial charge in [-0.2, -0.15) is 0 Å². The molecule has 4 aliphatic rings. The van der Waals surface area contributed by atoms with Gasteiger partial charge in [0.15, 0.2) is 11.2 Å². The summed E-state index contributed by atoms with van der Waals surface area (Å²) in [6, 6.07) is 31.8. The van der Waals surface area contributed by atoms with E-state index < -0.39 is 47.3 Å². The van der Waals surface area contributed by atoms with Crippen LogP contribution in [0, 0.1) is 29.6 Å². The molecule has 1 N–H and O–H groups in total. The number of phenolic OH excluding ortho intramolecular Hbond substituents is 1. The van der Waals surface area contributed by atoms with Crippen molar-refractivity contribution in [1.29, 1.82) is 0 Å². The van der Waals surface area contributed by atoms with Crippen molar-refractivity contribution in [2.45, 2.75) is 18.8 Å². The van der Waals surface area contributed by atoms with Crippen molar-refractivity contribution in [2.75, 3.05) is 24.0 Å². The first-order valence-electron chi connectivity index (χ1n) is 20.0. The molecule has 4 amide bonds. The second-order valence-electron chi connectivity index (χ2n) is 15.9. The van der Waals surface area contributed by atoms with Crippen LogP contribution < -0.4 is 19.3 Å². The number of methoxy groups -OCH3 is 2. The van der Waals surface area contributed by atoms with E-state index in [0.29, 0.717) is 73.4 Å². The van der Waals surface area contributed by atoms with Crippen molar-refractivity contribution in [3.63, 3.8) is 0 Å². The topological polar surface area (TPSA) is 166 Å². The number of aromatic nitrogens is 2. The van der Waals surface area contributed by atoms with E-state index in [1.165, 1.54) is 30.1 Å². The number of oxazole rings is 2. The summed E-state index contributed by atoms with van der Waals surface area (Å²) in [4.78, 5) is 70.1. The fourth-order valence-electron chi connectivity index (χ4n) is 10.1. The molecular weight excluding hydrogens is 777 g/mol. The Labute approximate surface area is 347 Å². The Balaban J connectivity index is 0.955. The molecule has 2 aliphatic heterocycles. The third-order valence-electron chi connectivity index (χ3n) is 12.8. The van der Waals surface area contributed by atoms with Crippen LogP contribution in [0.15, 0.2) is 130 Å². The van der Waals surface area contributed by atoms with Crippen molar-refractivity contribution in [3.05, 3.63) is 126 Å². The fourth-order valence-corrected chi connectivity index (χ4v) is 10.1. The third-order valence-corrected chi connectivity index (χ3v) is 12.8. The molecule has 1 saturated carbocycles. The van der Waals surface area contributed by atoms with Gasteiger partial charge in [-0.05, 0) is 91.6 Å². The van der Waals surface area contributed by atoms with Gasteiger partial charge in [0, 0.05) is 34.7 Å². The molecule has 11 rings (SSSR count). The number of anilines is 2. The van der Waals surface area contributed by atoms with Crippen LogP contribution in [0.3, 0.4) is 0 Å². The molecule has 0 radical (unpaired) electrons. The van der Waals surface area contributed by atoms with E-state index in [1.807, 2.05) is 54.6 Å². The normalized spacial score (nSPS) is 23.3. The van der Waals surface area contributed by atoms with E-state index in [1.54, 1.807) is 54.6 Å². The number of aromatic hydroxyl groups is 1. The number of hydrogen-bond acceptors (Lipinski definition) is 11. The summed E-state index contributed by atoms with van der Waals surface area (Å²) < 4.78 is 23.2. The number of ether oxygens (including phenoxy) is 2. The summed E-state index contributed by atoms with van der Waals surface area (Å²) in [6.45, 7) is 0. The molecule has 0 spiro atoms. The van der Waals surface area contributed by atoms with Gasteiger partial charge in [-0.15, -0.1) is 0 Å². The predicted octanol–water partition coefficient (Wildman–Crippen LogP) is 8.07. The van der Waals surface area contributed by atoms with Crippen LogP contribution in [0.5, 0.6) is 17.2 Å². The minimum atomic E-state index is -0.945. The van der Waals surface area contributed by atoms with E-state index >= 15 is 0 Å². The molecule has 302 valence electrons. The number of imide groups is 2. The number of carbonyl (C=O) groups is 4. The Morgan fingerprint density at radius 3 is 1.70 bits per heavy atom. The zero-order chi connectivity index (χ0) is 41.7. The zero-order valence-electron chi connectivity index (χ0n) is 32.9. The molecule has 6 unspecified atom stereocenters. The number of nitrogens with zero attached hydrogens (tertiary/aromatic N) is 4. The highest BCUT2D eigenvalue weighted by molar-refractivity contribution is 6.24. The fraction of sp³-hybridized carbons (Fsp3) is 0.208. The first-order valence-corrected chi connectivity index (χ1v) is 20.0. The van der Waals surface area contributed by atoms with E-state index in [2.05, 4.69) is 9.97 Å². The van der Waals surface area contributed by atoms with Gasteiger partial charge < -0.3 is 23.4 Å². The van der Waals surface area contributed by atoms with E-state index in [0.717, 1.165) is 0 Å². The summed E-state index contributed by atoms with van der Waals surface area (Å²) in [5.41, 5.74) is 5.85. The summed E-state index contributed by atoms with van der Waals surface area (Å²) in [5.74, 6) is -5.14. The molecule has 13 nitrogen and oxygen atoms in total. The lowest BCUT2D eigenvalue weighted by molar-refractivity contribution is -0.126. The van der Waals surface area contributed by atoms with Crippen LogP contribution in [-0.2, 0) is 19.2 Å². The minimum absolute atomic E-state index is 0.152. The van der Waals surface area contributed by atoms with Crippen LogP contribution in [0.4, 0.5) is 11.4 Å². The number of phenols is 1. The number of para-hydroxylation sites is 4. The van der Waals surface area contributed by atoms with Crippen molar-refractivity contribution in [2.24, 2.45) is 29.6 Å². The average molecular weight is 813 g/mol. The number of benzene rings is 5. The molecule has 0 bridgehead atoms. The van der Waals surface area contributed by atoms with Gasteiger partial charge >= 0.3 is 0 Å². The number of fused-ring (bicyclic) bond motifs is 6. The predicted molar refractivity (Wildman–Crippen MR) is 223 cm³/mol. The van der Waals surface area contributed by atoms with Crippen molar-refractivity contribution in [1.82, 2.24) is 9.97 Å². The molecule has 5 aromatic carbocycles. The average Bonchev–Trinajstić information content (AvgIpc) is 4.04. The molecule has 61 heavy (non-hydrogen) atoms. The summed E-state index contributed by atoms with van der Waals surface area (Å²) in [5, 5.41) is 11.7. The van der Waals surface area contributed by atoms with E-state index in [4.69, 9.17) is 18.3 Å². The summed E-state index contributed by atoms with van der Waals surface area (Å²) in [7, 11) is 2.93. The maximum atomic E-state index is 14.8. The smallest absolute Gasteiger partial charge is 0.238 e. The van der Waals surface area contributed by atoms with Crippen LogP contribution in [0.25, 0.3) is 45.1 Å². The highest BCUT2D eigenvalue weighted by atomic mass is 16.5. The van der Waals surface area contributed by atoms with Gasteiger partial charge in [-0.3, -0.25) is 29.0 Å². The van der Waals surface area contributed by atoms with Gasteiger partial charge in [0.05, 0.1) is 49.3 Å². The monoisotopic (exact) mass is 812 g/mol. The molecule has 2 aliphatic carbocycles. The maximum Gasteiger partial charge on any atom is 0.238 e. The molecular formula is C48H36N4O9. The second-order valence-corrected chi connectivity index (χ2v) is 15.9. The first kappa shape index (κ1) is 36.5. The molecule has 2 saturated heterocycles. The Kier molecular flexibility index (Phi) is 8.24. The van der Waals surface area contributed by atoms with Crippen molar-refractivity contribution in [3.8, 4) is 40.2 Å². The zero-order valence-corrected chi connectivity index (χ0v) is 32.9. The van der Waals surface area contributed by atoms with Gasteiger partial charge in [-0.1, -0.05) is 35.9 Å². The standard InChI is InChI=1S/C48H36N4O9/c1-58-28-21-35(53)42(38(22-28)59-2)40-29-19-20-30-39(47(56)51(45(30)54)26-15-11-24(12-16-26)43-49-33-7-3-5-9-36(33)60-43)31(29)23-32-41(40)48(57)52(46(32)55)27-17-13-25(14-18-27)44-50-34-8-4-6-10-37(34)61-44/h3-19,21-22,30-32,39-41,53H,20,23H2,1-2H3. The highest BCUT2D eigenvalue weighted by Crippen LogP contribution is 2.61. The highest BCUT2D eigenvalue weighted by Gasteiger charge is 2.63. The Bertz CT molecular complexity index is 2940. The van der Waals surface area contributed by atoms with Crippen LogP contribution in [0.2, 0.25) is 0 Å². The van der Waals surface area contributed by atoms with Gasteiger partial charge in [0.1, 0.15) is 28.3 Å².